The van der Waals surface area contributed by atoms with E-state index in [2.05, 4.69) is 29.5 Å². The molecule has 0 unspecified atom stereocenters. The molecule has 0 aliphatic rings. The number of rotatable bonds is 9. The second-order valence-electron chi connectivity index (χ2n) is 6.70. The third-order valence-corrected chi connectivity index (χ3v) is 5.80. The van der Waals surface area contributed by atoms with Crippen molar-refractivity contribution in [2.75, 3.05) is 37.9 Å². The van der Waals surface area contributed by atoms with E-state index in [9.17, 15) is 8.42 Å². The smallest absolute Gasteiger partial charge is 0.191 e. The first kappa shape index (κ1) is 22.1. The molecule has 0 aromatic heterocycles. The van der Waals surface area contributed by atoms with Crippen molar-refractivity contribution in [3.05, 3.63) is 29.3 Å². The van der Waals surface area contributed by atoms with Crippen LogP contribution in [0.4, 0.5) is 0 Å². The highest BCUT2D eigenvalue weighted by molar-refractivity contribution is 7.99. The van der Waals surface area contributed by atoms with Crippen LogP contribution in [-0.2, 0) is 9.84 Å². The maximum absolute atomic E-state index is 11.3. The molecule has 0 saturated carbocycles. The number of thioether (sulfide) groups is 1. The molecule has 8 heteroatoms. The van der Waals surface area contributed by atoms with Crippen LogP contribution in [0.2, 0.25) is 5.02 Å². The fraction of sp³-hybridized carbons (Fsp3) is 0.588. The quantitative estimate of drug-likeness (QED) is 0.286. The largest absolute Gasteiger partial charge is 0.356 e. The van der Waals surface area contributed by atoms with Crippen LogP contribution >= 0.6 is 23.4 Å². The molecule has 0 heterocycles. The Morgan fingerprint density at radius 2 is 1.88 bits per heavy atom. The molecule has 0 aliphatic carbocycles. The third-order valence-electron chi connectivity index (χ3n) is 3.58. The van der Waals surface area contributed by atoms with Crippen molar-refractivity contribution in [1.29, 1.82) is 0 Å². The number of benzene rings is 1. The van der Waals surface area contributed by atoms with Gasteiger partial charge in [-0.15, -0.1) is 11.8 Å². The van der Waals surface area contributed by atoms with Crippen LogP contribution in [0.25, 0.3) is 0 Å². The SMILES string of the molecule is CN=C(NCCSc1ccc(Cl)cc1)NCC(C)(C)CCS(C)(=O)=O. The number of aliphatic imine (C=N–C) groups is 1. The van der Waals surface area contributed by atoms with Gasteiger partial charge in [0, 0.05) is 42.1 Å². The lowest BCUT2D eigenvalue weighted by Gasteiger charge is -2.25. The van der Waals surface area contributed by atoms with Gasteiger partial charge >= 0.3 is 0 Å². The van der Waals surface area contributed by atoms with Gasteiger partial charge in [-0.3, -0.25) is 4.99 Å². The van der Waals surface area contributed by atoms with Gasteiger partial charge in [-0.1, -0.05) is 25.4 Å². The fourth-order valence-corrected chi connectivity index (χ4v) is 3.78. The minimum atomic E-state index is -2.93. The number of hydrogen-bond donors (Lipinski definition) is 2. The minimum Gasteiger partial charge on any atom is -0.356 e. The molecule has 0 spiro atoms. The number of hydrogen-bond acceptors (Lipinski definition) is 4. The Bertz CT molecular complexity index is 659. The van der Waals surface area contributed by atoms with Crippen LogP contribution in [-0.4, -0.2) is 52.3 Å². The predicted molar refractivity (Wildman–Crippen MR) is 110 cm³/mol. The van der Waals surface area contributed by atoms with E-state index in [1.54, 1.807) is 18.8 Å². The Morgan fingerprint density at radius 1 is 1.24 bits per heavy atom. The number of nitrogens with one attached hydrogen (secondary N) is 2. The van der Waals surface area contributed by atoms with E-state index in [0.717, 1.165) is 23.3 Å². The Labute approximate surface area is 160 Å². The van der Waals surface area contributed by atoms with Gasteiger partial charge in [0.05, 0.1) is 5.75 Å². The lowest BCUT2D eigenvalue weighted by Crippen LogP contribution is -2.43. The van der Waals surface area contributed by atoms with Crippen molar-refractivity contribution in [1.82, 2.24) is 10.6 Å². The minimum absolute atomic E-state index is 0.126. The summed E-state index contributed by atoms with van der Waals surface area (Å²) in [5.74, 6) is 1.83. The van der Waals surface area contributed by atoms with Crippen LogP contribution < -0.4 is 10.6 Å². The van der Waals surface area contributed by atoms with Crippen LogP contribution in [0, 0.1) is 5.41 Å². The van der Waals surface area contributed by atoms with Crippen LogP contribution in [0.15, 0.2) is 34.2 Å². The summed E-state index contributed by atoms with van der Waals surface area (Å²) >= 11 is 7.62. The van der Waals surface area contributed by atoms with Gasteiger partial charge in [0.2, 0.25) is 0 Å². The zero-order chi connectivity index (χ0) is 18.9. The van der Waals surface area contributed by atoms with Crippen molar-refractivity contribution in [2.24, 2.45) is 10.4 Å². The van der Waals surface area contributed by atoms with Gasteiger partial charge in [0.1, 0.15) is 9.84 Å². The third kappa shape index (κ3) is 10.6. The van der Waals surface area contributed by atoms with Gasteiger partial charge in [-0.05, 0) is 36.1 Å². The maximum atomic E-state index is 11.3. The second-order valence-corrected chi connectivity index (χ2v) is 10.6. The van der Waals surface area contributed by atoms with Crippen LogP contribution in [0.5, 0.6) is 0 Å². The summed E-state index contributed by atoms with van der Waals surface area (Å²) in [5, 5.41) is 7.28. The molecule has 0 amide bonds. The van der Waals surface area contributed by atoms with Crippen molar-refractivity contribution < 1.29 is 8.42 Å². The van der Waals surface area contributed by atoms with Crippen molar-refractivity contribution in [3.63, 3.8) is 0 Å². The predicted octanol–water partition coefficient (Wildman–Crippen LogP) is 3.06. The average Bonchev–Trinajstić information content (AvgIpc) is 2.53. The van der Waals surface area contributed by atoms with E-state index >= 15 is 0 Å². The average molecular weight is 406 g/mol. The molecule has 0 atom stereocenters. The highest BCUT2D eigenvalue weighted by Gasteiger charge is 2.20. The lowest BCUT2D eigenvalue weighted by molar-refractivity contribution is 0.348. The van der Waals surface area contributed by atoms with E-state index < -0.39 is 9.84 Å². The number of nitrogens with zero attached hydrogens (tertiary/aromatic N) is 1. The Morgan fingerprint density at radius 3 is 2.44 bits per heavy atom. The first-order valence-electron chi connectivity index (χ1n) is 8.12. The van der Waals surface area contributed by atoms with E-state index in [0.29, 0.717) is 13.0 Å². The van der Waals surface area contributed by atoms with Crippen molar-refractivity contribution in [2.45, 2.75) is 25.2 Å². The topological polar surface area (TPSA) is 70.6 Å². The summed E-state index contributed by atoms with van der Waals surface area (Å²) in [6.07, 6.45) is 1.89. The van der Waals surface area contributed by atoms with Gasteiger partial charge in [0.25, 0.3) is 0 Å². The second kappa shape index (κ2) is 10.3. The first-order chi connectivity index (χ1) is 11.6. The molecule has 25 heavy (non-hydrogen) atoms. The molecule has 1 aromatic rings. The Hall–Kier alpha value is -0.920. The van der Waals surface area contributed by atoms with Gasteiger partial charge in [0.15, 0.2) is 5.96 Å². The fourth-order valence-electron chi connectivity index (χ4n) is 1.96. The van der Waals surface area contributed by atoms with Crippen LogP contribution in [0.1, 0.15) is 20.3 Å². The van der Waals surface area contributed by atoms with Gasteiger partial charge in [-0.25, -0.2) is 8.42 Å². The molecule has 1 rings (SSSR count). The lowest BCUT2D eigenvalue weighted by atomic mass is 9.90. The Kier molecular flexibility index (Phi) is 9.10. The van der Waals surface area contributed by atoms with Gasteiger partial charge < -0.3 is 10.6 Å². The molecule has 142 valence electrons. The number of guanidine groups is 1. The van der Waals surface area contributed by atoms with Crippen LogP contribution in [0.3, 0.4) is 0 Å². The van der Waals surface area contributed by atoms with Gasteiger partial charge in [-0.2, -0.15) is 0 Å². The summed E-state index contributed by atoms with van der Waals surface area (Å²) in [7, 11) is -1.21. The highest BCUT2D eigenvalue weighted by Crippen LogP contribution is 2.20. The summed E-state index contributed by atoms with van der Waals surface area (Å²) in [5.41, 5.74) is -0.126. The molecule has 5 nitrogen and oxygen atoms in total. The summed E-state index contributed by atoms with van der Waals surface area (Å²) in [6.45, 7) is 5.53. The highest BCUT2D eigenvalue weighted by atomic mass is 35.5. The molecule has 1 aromatic carbocycles. The zero-order valence-corrected chi connectivity index (χ0v) is 17.7. The molecule has 0 radical (unpaired) electrons. The maximum Gasteiger partial charge on any atom is 0.191 e. The molecule has 0 bridgehead atoms. The van der Waals surface area contributed by atoms with E-state index in [-0.39, 0.29) is 11.2 Å². The summed E-state index contributed by atoms with van der Waals surface area (Å²) in [6, 6.07) is 7.78. The summed E-state index contributed by atoms with van der Waals surface area (Å²) < 4.78 is 22.6. The monoisotopic (exact) mass is 405 g/mol. The van der Waals surface area contributed by atoms with Crippen molar-refractivity contribution >= 4 is 39.2 Å². The molecule has 2 N–H and O–H groups in total. The van der Waals surface area contributed by atoms with E-state index in [1.165, 1.54) is 11.2 Å². The normalized spacial score (nSPS) is 12.9. The molecular formula is C17H28ClN3O2S2. The standard InChI is InChI=1S/C17H28ClN3O2S2/c1-17(2,9-12-25(4,22)23)13-21-16(19-3)20-10-11-24-15-7-5-14(18)6-8-15/h5-8H,9-13H2,1-4H3,(H2,19,20,21). The first-order valence-corrected chi connectivity index (χ1v) is 11.5. The van der Waals surface area contributed by atoms with E-state index in [4.69, 9.17) is 11.6 Å². The van der Waals surface area contributed by atoms with Crippen molar-refractivity contribution in [3.8, 4) is 0 Å². The molecular weight excluding hydrogens is 378 g/mol. The summed E-state index contributed by atoms with van der Waals surface area (Å²) in [4.78, 5) is 5.38. The molecule has 0 aliphatic heterocycles. The zero-order valence-electron chi connectivity index (χ0n) is 15.3. The Balaban J connectivity index is 2.31. The number of halogens is 1. The van der Waals surface area contributed by atoms with E-state index in [1.807, 2.05) is 24.3 Å². The molecule has 0 fully saturated rings. The molecule has 0 saturated heterocycles. The number of sulfone groups is 1.